The normalized spacial score (nSPS) is 28.8. The van der Waals surface area contributed by atoms with Crippen LogP contribution in [0.2, 0.25) is 0 Å². The number of nitrogens with one attached hydrogen (secondary N) is 1. The molecule has 3 aliphatic rings. The molecule has 4 heterocycles. The molecular formula is C24H29F2N5O2. The second-order valence-electron chi connectivity index (χ2n) is 9.72. The van der Waals surface area contributed by atoms with Crippen molar-refractivity contribution in [1.82, 2.24) is 15.4 Å². The van der Waals surface area contributed by atoms with Gasteiger partial charge in [-0.05, 0) is 57.2 Å². The largest absolute Gasteiger partial charge is 0.433 e. The maximum absolute atomic E-state index is 15.5. The number of nitrogens with zero attached hydrogens (tertiary/aromatic N) is 4. The fourth-order valence-corrected chi connectivity index (χ4v) is 5.21. The molecule has 9 heteroatoms. The molecule has 2 fully saturated rings. The van der Waals surface area contributed by atoms with E-state index >= 15 is 4.39 Å². The van der Waals surface area contributed by atoms with Gasteiger partial charge in [0.15, 0.2) is 23.1 Å². The van der Waals surface area contributed by atoms with Crippen molar-refractivity contribution in [1.29, 1.82) is 0 Å². The Bertz CT molecular complexity index is 1080. The molecule has 2 saturated heterocycles. The molecular weight excluding hydrogens is 428 g/mol. The van der Waals surface area contributed by atoms with E-state index < -0.39 is 17.4 Å². The molecule has 3 atom stereocenters. The summed E-state index contributed by atoms with van der Waals surface area (Å²) in [6.45, 7) is 7.95. The molecule has 3 aliphatic heterocycles. The minimum Gasteiger partial charge on any atom is -0.433 e. The van der Waals surface area contributed by atoms with Gasteiger partial charge in [-0.25, -0.2) is 19.2 Å². The molecule has 1 N–H and O–H groups in total. The van der Waals surface area contributed by atoms with Gasteiger partial charge in [-0.15, -0.1) is 0 Å². The molecule has 2 bridgehead atoms. The maximum atomic E-state index is 15.5. The van der Waals surface area contributed by atoms with Gasteiger partial charge in [0.1, 0.15) is 12.2 Å². The quantitative estimate of drug-likeness (QED) is 0.688. The molecule has 0 amide bonds. The zero-order chi connectivity index (χ0) is 23.3. The predicted octanol–water partition coefficient (Wildman–Crippen LogP) is 4.91. The first-order chi connectivity index (χ1) is 15.7. The third-order valence-corrected chi connectivity index (χ3v) is 7.02. The van der Waals surface area contributed by atoms with Crippen LogP contribution in [0.4, 0.5) is 14.6 Å². The molecule has 0 saturated carbocycles. The molecule has 0 spiro atoms. The number of fused-ring (bicyclic) bond motifs is 2. The van der Waals surface area contributed by atoms with Crippen LogP contribution in [-0.4, -0.2) is 33.6 Å². The zero-order valence-corrected chi connectivity index (χ0v) is 19.3. The molecule has 2 aromatic rings. The van der Waals surface area contributed by atoms with E-state index in [2.05, 4.69) is 29.3 Å². The van der Waals surface area contributed by atoms with Crippen LogP contribution in [-0.2, 0) is 4.84 Å². The highest BCUT2D eigenvalue weighted by Crippen LogP contribution is 2.47. The lowest BCUT2D eigenvalue weighted by Gasteiger charge is -2.43. The topological polar surface area (TPSA) is 71.9 Å². The van der Waals surface area contributed by atoms with Crippen LogP contribution in [0.1, 0.15) is 52.0 Å². The fraction of sp³-hybridized carbons (Fsp3) is 0.542. The number of rotatable bonds is 5. The zero-order valence-electron chi connectivity index (χ0n) is 19.3. The number of ether oxygens (including phenoxy) is 1. The summed E-state index contributed by atoms with van der Waals surface area (Å²) in [5.41, 5.74) is 3.12. The Kier molecular flexibility index (Phi) is 5.47. The van der Waals surface area contributed by atoms with Crippen LogP contribution < -0.4 is 15.1 Å². The summed E-state index contributed by atoms with van der Waals surface area (Å²) in [5, 5.41) is 0. The molecule has 176 valence electrons. The summed E-state index contributed by atoms with van der Waals surface area (Å²) < 4.78 is 35.2. The van der Waals surface area contributed by atoms with Crippen molar-refractivity contribution in [3.63, 3.8) is 0 Å². The van der Waals surface area contributed by atoms with Gasteiger partial charge in [-0.3, -0.25) is 5.48 Å². The minimum atomic E-state index is -0.669. The number of piperidine rings is 1. The van der Waals surface area contributed by atoms with Crippen LogP contribution in [0.15, 0.2) is 29.5 Å². The second kappa shape index (κ2) is 8.20. The molecule has 0 aliphatic carbocycles. The number of anilines is 1. The summed E-state index contributed by atoms with van der Waals surface area (Å²) >= 11 is 0. The third kappa shape index (κ3) is 3.92. The number of amidine groups is 1. The Balaban J connectivity index is 1.38. The summed E-state index contributed by atoms with van der Waals surface area (Å²) in [7, 11) is 0. The molecule has 5 rings (SSSR count). The van der Waals surface area contributed by atoms with Gasteiger partial charge in [-0.1, -0.05) is 19.9 Å². The smallest absolute Gasteiger partial charge is 0.261 e. The number of aryl methyl sites for hydroxylation is 1. The van der Waals surface area contributed by atoms with E-state index in [1.807, 2.05) is 11.8 Å². The average Bonchev–Trinajstić information content (AvgIpc) is 3.29. The molecule has 1 aromatic heterocycles. The SMILES string of the molecule is Cc1ccc(Oc2ncnc(N3C4CCC3CC(C3(C)N=C(C(C)C)NO3)C4)c2F)c(F)c1. The Morgan fingerprint density at radius 3 is 2.55 bits per heavy atom. The highest BCUT2D eigenvalue weighted by atomic mass is 19.1. The first-order valence-electron chi connectivity index (χ1n) is 11.5. The summed E-state index contributed by atoms with van der Waals surface area (Å²) in [5.74, 6) is -0.0326. The summed E-state index contributed by atoms with van der Waals surface area (Å²) in [4.78, 5) is 21.0. The van der Waals surface area contributed by atoms with Gasteiger partial charge < -0.3 is 9.64 Å². The van der Waals surface area contributed by atoms with E-state index in [4.69, 9.17) is 14.6 Å². The lowest BCUT2D eigenvalue weighted by atomic mass is 9.83. The van der Waals surface area contributed by atoms with E-state index in [9.17, 15) is 4.39 Å². The van der Waals surface area contributed by atoms with Crippen LogP contribution in [0.25, 0.3) is 0 Å². The number of hydrogen-bond acceptors (Lipinski definition) is 7. The van der Waals surface area contributed by atoms with Crippen molar-refractivity contribution in [2.24, 2.45) is 16.8 Å². The number of benzene rings is 1. The number of hydroxylamine groups is 1. The van der Waals surface area contributed by atoms with Crippen LogP contribution in [0, 0.1) is 30.4 Å². The third-order valence-electron chi connectivity index (χ3n) is 7.02. The summed E-state index contributed by atoms with van der Waals surface area (Å²) in [6.07, 6.45) is 4.79. The van der Waals surface area contributed by atoms with Gasteiger partial charge in [0, 0.05) is 23.9 Å². The first-order valence-corrected chi connectivity index (χ1v) is 11.5. The average molecular weight is 458 g/mol. The van der Waals surface area contributed by atoms with Crippen molar-refractivity contribution in [3.8, 4) is 11.6 Å². The molecule has 33 heavy (non-hydrogen) atoms. The Morgan fingerprint density at radius 1 is 1.18 bits per heavy atom. The molecule has 3 unspecified atom stereocenters. The van der Waals surface area contributed by atoms with Gasteiger partial charge in [0.05, 0.1) is 0 Å². The molecule has 0 radical (unpaired) electrons. The van der Waals surface area contributed by atoms with Crippen molar-refractivity contribution >= 4 is 11.7 Å². The minimum absolute atomic E-state index is 0.0662. The Morgan fingerprint density at radius 2 is 1.91 bits per heavy atom. The van der Waals surface area contributed by atoms with Crippen molar-refractivity contribution in [2.75, 3.05) is 4.90 Å². The molecule has 7 nitrogen and oxygen atoms in total. The van der Waals surface area contributed by atoms with Gasteiger partial charge >= 0.3 is 0 Å². The number of aliphatic imine (C=N–C) groups is 1. The number of hydrogen-bond donors (Lipinski definition) is 1. The maximum Gasteiger partial charge on any atom is 0.261 e. The van der Waals surface area contributed by atoms with Gasteiger partial charge in [0.2, 0.25) is 5.82 Å². The highest BCUT2D eigenvalue weighted by Gasteiger charge is 2.50. The van der Waals surface area contributed by atoms with Crippen LogP contribution in [0.5, 0.6) is 11.6 Å². The molecule has 1 aromatic carbocycles. The lowest BCUT2D eigenvalue weighted by molar-refractivity contribution is -0.0899. The van der Waals surface area contributed by atoms with E-state index in [1.54, 1.807) is 13.0 Å². The van der Waals surface area contributed by atoms with Crippen LogP contribution >= 0.6 is 0 Å². The van der Waals surface area contributed by atoms with Crippen molar-refractivity contribution in [2.45, 2.75) is 71.2 Å². The van der Waals surface area contributed by atoms with E-state index in [1.165, 1.54) is 18.5 Å². The lowest BCUT2D eigenvalue weighted by Crippen LogP contribution is -2.49. The van der Waals surface area contributed by atoms with E-state index in [0.29, 0.717) is 0 Å². The first kappa shape index (κ1) is 22.0. The van der Waals surface area contributed by atoms with Crippen molar-refractivity contribution in [3.05, 3.63) is 41.7 Å². The van der Waals surface area contributed by atoms with Gasteiger partial charge in [-0.2, -0.15) is 9.37 Å². The van der Waals surface area contributed by atoms with E-state index in [0.717, 1.165) is 37.1 Å². The van der Waals surface area contributed by atoms with Gasteiger partial charge in [0.25, 0.3) is 5.88 Å². The number of halogens is 2. The fourth-order valence-electron chi connectivity index (χ4n) is 5.21. The summed E-state index contributed by atoms with van der Waals surface area (Å²) in [6, 6.07) is 4.75. The van der Waals surface area contributed by atoms with Crippen LogP contribution in [0.3, 0.4) is 0 Å². The Labute approximate surface area is 192 Å². The Hall–Kier alpha value is -2.81. The van der Waals surface area contributed by atoms with E-state index in [-0.39, 0.29) is 41.4 Å². The standard InChI is InChI=1S/C24H29F2N5O2/c1-13(2)21-29-24(4,33-30-21)15-10-16-6-7-17(11-15)31(16)22-20(26)23(28-12-27-22)32-19-8-5-14(3)9-18(19)25/h5,8-9,12-13,15-17H,6-7,10-11H2,1-4H3,(H,29,30). The van der Waals surface area contributed by atoms with Crippen molar-refractivity contribution < 1.29 is 18.4 Å². The second-order valence-corrected chi connectivity index (χ2v) is 9.72. The predicted molar refractivity (Wildman–Crippen MR) is 120 cm³/mol. The number of aromatic nitrogens is 2. The highest BCUT2D eigenvalue weighted by molar-refractivity contribution is 5.84. The monoisotopic (exact) mass is 457 g/mol.